The molecule has 0 aliphatic heterocycles. The smallest absolute Gasteiger partial charge is 0.223 e. The van der Waals surface area contributed by atoms with E-state index >= 15 is 0 Å². The first-order valence-corrected chi connectivity index (χ1v) is 6.56. The van der Waals surface area contributed by atoms with Gasteiger partial charge in [0.1, 0.15) is 0 Å². The Morgan fingerprint density at radius 1 is 0.857 bits per heavy atom. The van der Waals surface area contributed by atoms with E-state index in [1.807, 2.05) is 24.3 Å². The number of aryl methyl sites for hydroxylation is 2. The second-order valence-electron chi connectivity index (χ2n) is 4.93. The van der Waals surface area contributed by atoms with Crippen molar-refractivity contribution in [2.75, 3.05) is 0 Å². The van der Waals surface area contributed by atoms with Crippen molar-refractivity contribution in [1.82, 2.24) is 0 Å². The van der Waals surface area contributed by atoms with Crippen LogP contribution in [0.3, 0.4) is 0 Å². The van der Waals surface area contributed by atoms with Gasteiger partial charge >= 0.3 is 0 Å². The van der Waals surface area contributed by atoms with Gasteiger partial charge in [0.25, 0.3) is 0 Å². The third kappa shape index (κ3) is 4.07. The molecule has 2 aromatic rings. The zero-order valence-corrected chi connectivity index (χ0v) is 12.2. The van der Waals surface area contributed by atoms with E-state index in [0.717, 1.165) is 11.1 Å². The minimum atomic E-state index is -0.110. The van der Waals surface area contributed by atoms with Gasteiger partial charge in [-0.25, -0.2) is 4.99 Å². The maximum absolute atomic E-state index is 5.65. The van der Waals surface area contributed by atoms with Gasteiger partial charge in [0, 0.05) is 0 Å². The summed E-state index contributed by atoms with van der Waals surface area (Å²) in [5, 5.41) is 0. The molecular formula is C16H19N5. The maximum Gasteiger partial charge on any atom is 0.223 e. The SMILES string of the molecule is Cc1cc(C)cc(-c2cccc(N=C(N)N=C(N)N)c2)c1. The number of benzene rings is 2. The minimum absolute atomic E-state index is 0.0348. The van der Waals surface area contributed by atoms with E-state index in [-0.39, 0.29) is 11.9 Å². The molecule has 0 atom stereocenters. The van der Waals surface area contributed by atoms with Crippen molar-refractivity contribution in [3.63, 3.8) is 0 Å². The first-order valence-electron chi connectivity index (χ1n) is 6.56. The van der Waals surface area contributed by atoms with Crippen LogP contribution < -0.4 is 17.2 Å². The molecule has 0 saturated carbocycles. The number of rotatable bonds is 2. The topological polar surface area (TPSA) is 103 Å². The van der Waals surface area contributed by atoms with Crippen LogP contribution in [0, 0.1) is 13.8 Å². The number of hydrogen-bond donors (Lipinski definition) is 3. The molecule has 6 N–H and O–H groups in total. The van der Waals surface area contributed by atoms with E-state index in [1.165, 1.54) is 11.1 Å². The van der Waals surface area contributed by atoms with Gasteiger partial charge in [-0.2, -0.15) is 4.99 Å². The maximum atomic E-state index is 5.65. The average molecular weight is 281 g/mol. The zero-order valence-electron chi connectivity index (χ0n) is 12.2. The predicted molar refractivity (Wildman–Crippen MR) is 88.4 cm³/mol. The standard InChI is InChI=1S/C16H19N5/c1-10-6-11(2)8-13(7-10)12-4-3-5-14(9-12)20-16(19)21-15(17)18/h3-9H,1-2H3,(H6,17,18,19,20,21). The number of nitrogens with two attached hydrogens (primary N) is 3. The lowest BCUT2D eigenvalue weighted by molar-refractivity contribution is 1.37. The van der Waals surface area contributed by atoms with Gasteiger partial charge in [-0.3, -0.25) is 0 Å². The van der Waals surface area contributed by atoms with Crippen LogP contribution in [0.25, 0.3) is 11.1 Å². The van der Waals surface area contributed by atoms with Crippen molar-refractivity contribution in [3.05, 3.63) is 53.6 Å². The van der Waals surface area contributed by atoms with Crippen LogP contribution in [0.2, 0.25) is 0 Å². The Kier molecular flexibility index (Phi) is 4.23. The van der Waals surface area contributed by atoms with Crippen molar-refractivity contribution in [2.45, 2.75) is 13.8 Å². The molecule has 108 valence electrons. The van der Waals surface area contributed by atoms with E-state index in [1.54, 1.807) is 0 Å². The molecule has 5 heteroatoms. The Balaban J connectivity index is 2.40. The highest BCUT2D eigenvalue weighted by molar-refractivity contribution is 5.93. The molecule has 0 heterocycles. The predicted octanol–water partition coefficient (Wildman–Crippen LogP) is 2.19. The fourth-order valence-corrected chi connectivity index (χ4v) is 2.19. The summed E-state index contributed by atoms with van der Waals surface area (Å²) in [7, 11) is 0. The summed E-state index contributed by atoms with van der Waals surface area (Å²) >= 11 is 0. The van der Waals surface area contributed by atoms with Gasteiger partial charge in [-0.15, -0.1) is 0 Å². The molecule has 0 aromatic heterocycles. The molecular weight excluding hydrogens is 262 g/mol. The van der Waals surface area contributed by atoms with Crippen molar-refractivity contribution >= 4 is 17.6 Å². The summed E-state index contributed by atoms with van der Waals surface area (Å²) in [6.07, 6.45) is 0. The molecule has 2 rings (SSSR count). The molecule has 2 aromatic carbocycles. The molecule has 0 amide bonds. The molecule has 0 aliphatic carbocycles. The van der Waals surface area contributed by atoms with Crippen molar-refractivity contribution in [2.24, 2.45) is 27.2 Å². The Morgan fingerprint density at radius 3 is 2.14 bits per heavy atom. The summed E-state index contributed by atoms with van der Waals surface area (Å²) in [5.41, 5.74) is 21.5. The van der Waals surface area contributed by atoms with E-state index in [0.29, 0.717) is 5.69 Å². The molecule has 5 nitrogen and oxygen atoms in total. The minimum Gasteiger partial charge on any atom is -0.370 e. The highest BCUT2D eigenvalue weighted by Gasteiger charge is 2.01. The quantitative estimate of drug-likeness (QED) is 0.580. The van der Waals surface area contributed by atoms with Crippen LogP contribution in [0.1, 0.15) is 11.1 Å². The van der Waals surface area contributed by atoms with Gasteiger partial charge in [-0.05, 0) is 37.1 Å². The van der Waals surface area contributed by atoms with E-state index < -0.39 is 0 Å². The normalized spacial score (nSPS) is 11.2. The molecule has 0 unspecified atom stereocenters. The van der Waals surface area contributed by atoms with E-state index in [9.17, 15) is 0 Å². The fraction of sp³-hybridized carbons (Fsp3) is 0.125. The van der Waals surface area contributed by atoms with Crippen LogP contribution in [-0.4, -0.2) is 11.9 Å². The second-order valence-corrected chi connectivity index (χ2v) is 4.93. The van der Waals surface area contributed by atoms with Crippen LogP contribution in [0.4, 0.5) is 5.69 Å². The fourth-order valence-electron chi connectivity index (χ4n) is 2.19. The van der Waals surface area contributed by atoms with Gasteiger partial charge in [0.2, 0.25) is 5.96 Å². The van der Waals surface area contributed by atoms with Gasteiger partial charge in [-0.1, -0.05) is 41.5 Å². The van der Waals surface area contributed by atoms with Crippen LogP contribution in [-0.2, 0) is 0 Å². The van der Waals surface area contributed by atoms with E-state index in [2.05, 4.69) is 42.0 Å². The van der Waals surface area contributed by atoms with Crippen molar-refractivity contribution in [1.29, 1.82) is 0 Å². The van der Waals surface area contributed by atoms with Crippen LogP contribution >= 0.6 is 0 Å². The first-order chi connectivity index (χ1) is 9.94. The van der Waals surface area contributed by atoms with Crippen LogP contribution in [0.15, 0.2) is 52.4 Å². The molecule has 0 spiro atoms. The average Bonchev–Trinajstić information content (AvgIpc) is 2.36. The number of guanidine groups is 2. The highest BCUT2D eigenvalue weighted by Crippen LogP contribution is 2.26. The zero-order chi connectivity index (χ0) is 15.4. The Morgan fingerprint density at radius 2 is 1.52 bits per heavy atom. The lowest BCUT2D eigenvalue weighted by Crippen LogP contribution is -2.26. The third-order valence-corrected chi connectivity index (χ3v) is 2.89. The molecule has 0 fully saturated rings. The largest absolute Gasteiger partial charge is 0.370 e. The lowest BCUT2D eigenvalue weighted by Gasteiger charge is -2.06. The third-order valence-electron chi connectivity index (χ3n) is 2.89. The van der Waals surface area contributed by atoms with Crippen molar-refractivity contribution < 1.29 is 0 Å². The molecule has 0 radical (unpaired) electrons. The van der Waals surface area contributed by atoms with Gasteiger partial charge in [0.15, 0.2) is 5.96 Å². The van der Waals surface area contributed by atoms with Crippen molar-refractivity contribution in [3.8, 4) is 11.1 Å². The summed E-state index contributed by atoms with van der Waals surface area (Å²) in [5.74, 6) is -0.0747. The highest BCUT2D eigenvalue weighted by atomic mass is 15.1. The monoisotopic (exact) mass is 281 g/mol. The molecule has 0 bridgehead atoms. The van der Waals surface area contributed by atoms with Gasteiger partial charge < -0.3 is 17.2 Å². The summed E-state index contributed by atoms with van der Waals surface area (Å²) in [6, 6.07) is 14.2. The number of hydrogen-bond acceptors (Lipinski definition) is 1. The molecule has 0 saturated heterocycles. The molecule has 21 heavy (non-hydrogen) atoms. The summed E-state index contributed by atoms with van der Waals surface area (Å²) in [6.45, 7) is 4.16. The van der Waals surface area contributed by atoms with Crippen LogP contribution in [0.5, 0.6) is 0 Å². The Hall–Kier alpha value is -2.82. The Bertz CT molecular complexity index is 692. The lowest BCUT2D eigenvalue weighted by atomic mass is 10.0. The number of nitrogens with zero attached hydrogens (tertiary/aromatic N) is 2. The first kappa shape index (κ1) is 14.6. The second kappa shape index (κ2) is 6.09. The Labute approximate surface area is 124 Å². The molecule has 0 aliphatic rings. The summed E-state index contributed by atoms with van der Waals surface area (Å²) < 4.78 is 0. The summed E-state index contributed by atoms with van der Waals surface area (Å²) in [4.78, 5) is 7.88. The number of aliphatic imine (C=N–C) groups is 2. The van der Waals surface area contributed by atoms with Gasteiger partial charge in [0.05, 0.1) is 5.69 Å². The van der Waals surface area contributed by atoms with E-state index in [4.69, 9.17) is 17.2 Å².